The van der Waals surface area contributed by atoms with E-state index in [0.717, 1.165) is 6.20 Å². The van der Waals surface area contributed by atoms with Crippen LogP contribution in [0.1, 0.15) is 36.0 Å². The molecule has 0 aromatic carbocycles. The van der Waals surface area contributed by atoms with Crippen molar-refractivity contribution in [1.82, 2.24) is 14.7 Å². The first-order valence-electron chi connectivity index (χ1n) is 7.70. The van der Waals surface area contributed by atoms with Crippen LogP contribution in [-0.2, 0) is 0 Å². The van der Waals surface area contributed by atoms with Gasteiger partial charge in [-0.25, -0.2) is 4.98 Å². The number of nitrogens with zero attached hydrogens (tertiary/aromatic N) is 2. The molecule has 2 atom stereocenters. The van der Waals surface area contributed by atoms with E-state index in [2.05, 4.69) is 10.3 Å². The van der Waals surface area contributed by atoms with E-state index in [9.17, 15) is 22.8 Å². The molecule has 24 heavy (non-hydrogen) atoms. The highest BCUT2D eigenvalue weighted by Gasteiger charge is 2.42. The molecule has 2 aromatic heterocycles. The zero-order valence-corrected chi connectivity index (χ0v) is 12.7. The lowest BCUT2D eigenvalue weighted by Gasteiger charge is -2.30. The zero-order chi connectivity index (χ0) is 17.3. The van der Waals surface area contributed by atoms with Crippen LogP contribution in [0.2, 0.25) is 0 Å². The van der Waals surface area contributed by atoms with Gasteiger partial charge in [-0.3, -0.25) is 14.0 Å². The SMILES string of the molecule is O=C(N[C@H]1CCC[C@H](C(F)(F)F)C1)c1cnc2ccccn2c1=O. The second kappa shape index (κ2) is 6.26. The Kier molecular flexibility index (Phi) is 4.29. The van der Waals surface area contributed by atoms with Crippen molar-refractivity contribution in [3.8, 4) is 0 Å². The third-order valence-electron chi connectivity index (χ3n) is 4.33. The van der Waals surface area contributed by atoms with Crippen LogP contribution in [0, 0.1) is 5.92 Å². The monoisotopic (exact) mass is 339 g/mol. The van der Waals surface area contributed by atoms with E-state index >= 15 is 0 Å². The van der Waals surface area contributed by atoms with Gasteiger partial charge in [0.05, 0.1) is 5.92 Å². The van der Waals surface area contributed by atoms with Crippen molar-refractivity contribution in [3.05, 3.63) is 46.5 Å². The molecule has 0 radical (unpaired) electrons. The molecule has 1 fully saturated rings. The smallest absolute Gasteiger partial charge is 0.349 e. The summed E-state index contributed by atoms with van der Waals surface area (Å²) in [5, 5.41) is 2.55. The largest absolute Gasteiger partial charge is 0.391 e. The van der Waals surface area contributed by atoms with Gasteiger partial charge < -0.3 is 5.32 Å². The van der Waals surface area contributed by atoms with Gasteiger partial charge in [-0.05, 0) is 31.4 Å². The lowest BCUT2D eigenvalue weighted by atomic mass is 9.85. The second-order valence-electron chi connectivity index (χ2n) is 5.98. The van der Waals surface area contributed by atoms with E-state index in [1.807, 2.05) is 0 Å². The highest BCUT2D eigenvalue weighted by molar-refractivity contribution is 5.93. The summed E-state index contributed by atoms with van der Waals surface area (Å²) in [4.78, 5) is 28.6. The highest BCUT2D eigenvalue weighted by atomic mass is 19.4. The van der Waals surface area contributed by atoms with Crippen molar-refractivity contribution in [2.75, 3.05) is 0 Å². The second-order valence-corrected chi connectivity index (χ2v) is 5.98. The summed E-state index contributed by atoms with van der Waals surface area (Å²) < 4.78 is 39.7. The first-order valence-corrected chi connectivity index (χ1v) is 7.70. The van der Waals surface area contributed by atoms with E-state index in [-0.39, 0.29) is 18.4 Å². The summed E-state index contributed by atoms with van der Waals surface area (Å²) in [7, 11) is 0. The summed E-state index contributed by atoms with van der Waals surface area (Å²) >= 11 is 0. The molecule has 128 valence electrons. The molecule has 1 N–H and O–H groups in total. The number of pyridine rings is 1. The lowest BCUT2D eigenvalue weighted by Crippen LogP contribution is -2.43. The number of fused-ring (bicyclic) bond motifs is 1. The quantitative estimate of drug-likeness (QED) is 0.915. The molecule has 0 aliphatic heterocycles. The van der Waals surface area contributed by atoms with Crippen molar-refractivity contribution in [2.24, 2.45) is 5.92 Å². The van der Waals surface area contributed by atoms with Gasteiger partial charge in [-0.15, -0.1) is 0 Å². The number of rotatable bonds is 2. The van der Waals surface area contributed by atoms with Gasteiger partial charge in [0.1, 0.15) is 11.2 Å². The fraction of sp³-hybridized carbons (Fsp3) is 0.438. The van der Waals surface area contributed by atoms with Crippen molar-refractivity contribution in [3.63, 3.8) is 0 Å². The predicted molar refractivity (Wildman–Crippen MR) is 80.7 cm³/mol. The van der Waals surface area contributed by atoms with Crippen molar-refractivity contribution in [1.29, 1.82) is 0 Å². The molecule has 2 heterocycles. The average molecular weight is 339 g/mol. The first-order chi connectivity index (χ1) is 11.4. The number of alkyl halides is 3. The minimum absolute atomic E-state index is 0.0794. The maximum atomic E-state index is 12.8. The summed E-state index contributed by atoms with van der Waals surface area (Å²) in [6.45, 7) is 0. The van der Waals surface area contributed by atoms with Crippen molar-refractivity contribution < 1.29 is 18.0 Å². The Balaban J connectivity index is 1.78. The van der Waals surface area contributed by atoms with Crippen LogP contribution in [0.4, 0.5) is 13.2 Å². The third-order valence-corrected chi connectivity index (χ3v) is 4.33. The molecule has 0 unspecified atom stereocenters. The Morgan fingerprint density at radius 2 is 2.08 bits per heavy atom. The molecule has 1 aliphatic rings. The molecular weight excluding hydrogens is 323 g/mol. The molecular formula is C16H16F3N3O2. The number of hydrogen-bond donors (Lipinski definition) is 1. The number of carbonyl (C=O) groups excluding carboxylic acids is 1. The van der Waals surface area contributed by atoms with E-state index in [1.54, 1.807) is 18.2 Å². The Bertz CT molecular complexity index is 816. The molecule has 5 nitrogen and oxygen atoms in total. The number of halogens is 3. The molecule has 1 amide bonds. The van der Waals surface area contributed by atoms with Crippen molar-refractivity contribution >= 4 is 11.6 Å². The summed E-state index contributed by atoms with van der Waals surface area (Å²) in [5.74, 6) is -2.09. The Hall–Kier alpha value is -2.38. The maximum Gasteiger partial charge on any atom is 0.391 e. The van der Waals surface area contributed by atoms with Crippen LogP contribution in [0.25, 0.3) is 5.65 Å². The Labute approximate surface area is 135 Å². The van der Waals surface area contributed by atoms with Gasteiger partial charge >= 0.3 is 6.18 Å². The maximum absolute atomic E-state index is 12.8. The summed E-state index contributed by atoms with van der Waals surface area (Å²) in [5.41, 5.74) is -0.317. The molecule has 2 aromatic rings. The highest BCUT2D eigenvalue weighted by Crippen LogP contribution is 2.37. The molecule has 1 aliphatic carbocycles. The number of nitrogens with one attached hydrogen (secondary N) is 1. The van der Waals surface area contributed by atoms with Gasteiger partial charge in [0.2, 0.25) is 0 Å². The van der Waals surface area contributed by atoms with Crippen LogP contribution >= 0.6 is 0 Å². The zero-order valence-electron chi connectivity index (χ0n) is 12.7. The number of hydrogen-bond acceptors (Lipinski definition) is 3. The fourth-order valence-corrected chi connectivity index (χ4v) is 3.06. The molecule has 0 saturated heterocycles. The predicted octanol–water partition coefficient (Wildman–Crippen LogP) is 2.55. The van der Waals surface area contributed by atoms with Gasteiger partial charge in [-0.2, -0.15) is 13.2 Å². The first kappa shape index (κ1) is 16.5. The van der Waals surface area contributed by atoms with Crippen LogP contribution in [-0.4, -0.2) is 27.5 Å². The van der Waals surface area contributed by atoms with Crippen LogP contribution in [0.3, 0.4) is 0 Å². The normalized spacial score (nSPS) is 21.6. The number of aromatic nitrogens is 2. The number of amides is 1. The summed E-state index contributed by atoms with van der Waals surface area (Å²) in [6, 6.07) is 4.37. The van der Waals surface area contributed by atoms with Crippen LogP contribution < -0.4 is 10.9 Å². The van der Waals surface area contributed by atoms with E-state index in [4.69, 9.17) is 0 Å². The molecule has 0 bridgehead atoms. The minimum atomic E-state index is -4.26. The molecule has 8 heteroatoms. The Morgan fingerprint density at radius 3 is 2.83 bits per heavy atom. The Morgan fingerprint density at radius 1 is 1.29 bits per heavy atom. The van der Waals surface area contributed by atoms with Crippen LogP contribution in [0.5, 0.6) is 0 Å². The molecule has 0 spiro atoms. The fourth-order valence-electron chi connectivity index (χ4n) is 3.06. The standard InChI is InChI=1S/C16H16F3N3O2/c17-16(18,19)10-4-3-5-11(8-10)21-14(23)12-9-20-13-6-1-2-7-22(13)15(12)24/h1-2,6-7,9-11H,3-5,8H2,(H,21,23)/t10-,11-/m0/s1. The van der Waals surface area contributed by atoms with Gasteiger partial charge in [-0.1, -0.05) is 12.5 Å². The van der Waals surface area contributed by atoms with E-state index in [0.29, 0.717) is 18.5 Å². The topological polar surface area (TPSA) is 63.5 Å². The molecule has 3 rings (SSSR count). The van der Waals surface area contributed by atoms with Crippen molar-refractivity contribution in [2.45, 2.75) is 37.9 Å². The number of carbonyl (C=O) groups is 1. The van der Waals surface area contributed by atoms with Gasteiger partial charge in [0.15, 0.2) is 0 Å². The van der Waals surface area contributed by atoms with Gasteiger partial charge in [0.25, 0.3) is 11.5 Å². The average Bonchev–Trinajstić information content (AvgIpc) is 2.55. The van der Waals surface area contributed by atoms with E-state index in [1.165, 1.54) is 10.6 Å². The molecule has 1 saturated carbocycles. The lowest BCUT2D eigenvalue weighted by molar-refractivity contribution is -0.183. The minimum Gasteiger partial charge on any atom is -0.349 e. The van der Waals surface area contributed by atoms with Crippen LogP contribution in [0.15, 0.2) is 35.4 Å². The summed E-state index contributed by atoms with van der Waals surface area (Å²) in [6.07, 6.45) is -0.815. The van der Waals surface area contributed by atoms with E-state index < -0.39 is 29.6 Å². The van der Waals surface area contributed by atoms with Gasteiger partial charge in [0, 0.05) is 18.4 Å². The third kappa shape index (κ3) is 3.27.